The third-order valence-electron chi connectivity index (χ3n) is 1.15. The van der Waals surface area contributed by atoms with Gasteiger partial charge in [-0.25, -0.2) is 4.79 Å². The minimum absolute atomic E-state index is 0.281. The highest BCUT2D eigenvalue weighted by atomic mass is 16.5. The second-order valence-corrected chi connectivity index (χ2v) is 1.95. The number of rotatable bonds is 4. The Bertz CT molecular complexity index is 152. The van der Waals surface area contributed by atoms with Crippen molar-refractivity contribution in [3.05, 3.63) is 11.8 Å². The number of esters is 1. The first-order chi connectivity index (χ1) is 5.26. The van der Waals surface area contributed by atoms with Gasteiger partial charge in [-0.15, -0.1) is 0 Å². The number of carbonyl (C=O) groups excluding carboxylic acids is 1. The molecule has 0 fully saturated rings. The van der Waals surface area contributed by atoms with E-state index in [0.717, 1.165) is 6.54 Å². The summed E-state index contributed by atoms with van der Waals surface area (Å²) >= 11 is 0. The van der Waals surface area contributed by atoms with E-state index in [2.05, 4.69) is 5.32 Å². The van der Waals surface area contributed by atoms with Crippen molar-refractivity contribution in [1.29, 1.82) is 0 Å². The molecule has 3 nitrogen and oxygen atoms in total. The Morgan fingerprint density at radius 2 is 2.18 bits per heavy atom. The van der Waals surface area contributed by atoms with Crippen LogP contribution < -0.4 is 5.32 Å². The molecule has 0 spiro atoms. The lowest BCUT2D eigenvalue weighted by Gasteiger charge is -2.06. The highest BCUT2D eigenvalue weighted by molar-refractivity contribution is 5.87. The van der Waals surface area contributed by atoms with Crippen LogP contribution in [0.5, 0.6) is 0 Å². The summed E-state index contributed by atoms with van der Waals surface area (Å²) in [6.45, 7) is 6.68. The largest absolute Gasteiger partial charge is 0.461 e. The Balaban J connectivity index is 3.94. The van der Waals surface area contributed by atoms with Crippen molar-refractivity contribution in [2.45, 2.75) is 20.8 Å². The van der Waals surface area contributed by atoms with Crippen LogP contribution in [0.15, 0.2) is 11.8 Å². The van der Waals surface area contributed by atoms with Crippen molar-refractivity contribution in [3.8, 4) is 0 Å². The Morgan fingerprint density at radius 1 is 1.55 bits per heavy atom. The van der Waals surface area contributed by atoms with Crippen LogP contribution in [-0.2, 0) is 9.53 Å². The fraction of sp³-hybridized carbons (Fsp3) is 0.625. The first kappa shape index (κ1) is 10.0. The van der Waals surface area contributed by atoms with E-state index >= 15 is 0 Å². The second-order valence-electron chi connectivity index (χ2n) is 1.95. The zero-order valence-electron chi connectivity index (χ0n) is 7.31. The minimum atomic E-state index is -0.281. The Hall–Kier alpha value is -0.990. The van der Waals surface area contributed by atoms with Crippen LogP contribution in [-0.4, -0.2) is 19.1 Å². The molecule has 0 saturated heterocycles. The van der Waals surface area contributed by atoms with E-state index in [-0.39, 0.29) is 5.97 Å². The molecular weight excluding hydrogens is 142 g/mol. The van der Waals surface area contributed by atoms with Gasteiger partial charge in [-0.2, -0.15) is 0 Å². The van der Waals surface area contributed by atoms with Gasteiger partial charge in [-0.3, -0.25) is 0 Å². The summed E-state index contributed by atoms with van der Waals surface area (Å²) in [6.07, 6.45) is 1.71. The van der Waals surface area contributed by atoms with Gasteiger partial charge in [0.2, 0.25) is 0 Å². The monoisotopic (exact) mass is 157 g/mol. The van der Waals surface area contributed by atoms with Crippen LogP contribution in [0.3, 0.4) is 0 Å². The molecule has 11 heavy (non-hydrogen) atoms. The quantitative estimate of drug-likeness (QED) is 0.490. The van der Waals surface area contributed by atoms with Crippen LogP contribution in [0.4, 0.5) is 0 Å². The smallest absolute Gasteiger partial charge is 0.354 e. The molecule has 0 amide bonds. The molecule has 0 aliphatic heterocycles. The average molecular weight is 157 g/mol. The standard InChI is InChI=1S/C8H15NO2/c1-4-7(9-5-2)8(10)11-6-3/h4,9H,5-6H2,1-3H3/b7-4-. The SMILES string of the molecule is C/C=C(\NCC)C(=O)OCC. The molecule has 0 heterocycles. The number of nitrogens with one attached hydrogen (secondary N) is 1. The highest BCUT2D eigenvalue weighted by Crippen LogP contribution is 1.92. The fourth-order valence-corrected chi connectivity index (χ4v) is 0.691. The maximum Gasteiger partial charge on any atom is 0.354 e. The molecule has 0 atom stereocenters. The first-order valence-corrected chi connectivity index (χ1v) is 3.83. The Morgan fingerprint density at radius 3 is 2.55 bits per heavy atom. The van der Waals surface area contributed by atoms with Gasteiger partial charge >= 0.3 is 5.97 Å². The molecule has 64 valence electrons. The first-order valence-electron chi connectivity index (χ1n) is 3.83. The van der Waals surface area contributed by atoms with E-state index in [1.165, 1.54) is 0 Å². The fourth-order valence-electron chi connectivity index (χ4n) is 0.691. The van der Waals surface area contributed by atoms with Gasteiger partial charge < -0.3 is 10.1 Å². The Kier molecular flexibility index (Phi) is 5.25. The normalized spacial score (nSPS) is 11.0. The van der Waals surface area contributed by atoms with E-state index in [0.29, 0.717) is 12.3 Å². The van der Waals surface area contributed by atoms with Crippen LogP contribution in [0, 0.1) is 0 Å². The van der Waals surface area contributed by atoms with Crippen LogP contribution in [0.2, 0.25) is 0 Å². The lowest BCUT2D eigenvalue weighted by molar-refractivity contribution is -0.138. The van der Waals surface area contributed by atoms with E-state index in [1.54, 1.807) is 19.9 Å². The summed E-state index contributed by atoms with van der Waals surface area (Å²) in [5, 5.41) is 2.90. The van der Waals surface area contributed by atoms with Crippen LogP contribution >= 0.6 is 0 Å². The molecule has 0 aliphatic carbocycles. The topological polar surface area (TPSA) is 38.3 Å². The maximum absolute atomic E-state index is 11.0. The molecule has 0 bridgehead atoms. The summed E-state index contributed by atoms with van der Waals surface area (Å²) < 4.78 is 4.78. The lowest BCUT2D eigenvalue weighted by atomic mass is 10.4. The number of hydrogen-bond donors (Lipinski definition) is 1. The van der Waals surface area contributed by atoms with Gasteiger partial charge in [0.25, 0.3) is 0 Å². The molecule has 0 aromatic carbocycles. The minimum Gasteiger partial charge on any atom is -0.461 e. The van der Waals surface area contributed by atoms with Gasteiger partial charge in [0.05, 0.1) is 6.61 Å². The van der Waals surface area contributed by atoms with Gasteiger partial charge in [-0.05, 0) is 20.8 Å². The van der Waals surface area contributed by atoms with E-state index in [1.807, 2.05) is 6.92 Å². The summed E-state index contributed by atoms with van der Waals surface area (Å²) in [4.78, 5) is 11.0. The van der Waals surface area contributed by atoms with E-state index in [4.69, 9.17) is 4.74 Å². The molecule has 0 rings (SSSR count). The zero-order chi connectivity index (χ0) is 8.69. The predicted octanol–water partition coefficient (Wildman–Crippen LogP) is 1.06. The molecule has 0 aromatic rings. The zero-order valence-corrected chi connectivity index (χ0v) is 7.31. The molecule has 0 aromatic heterocycles. The van der Waals surface area contributed by atoms with E-state index in [9.17, 15) is 4.79 Å². The molecule has 3 heteroatoms. The maximum atomic E-state index is 11.0. The molecule has 0 radical (unpaired) electrons. The number of ether oxygens (including phenoxy) is 1. The van der Waals surface area contributed by atoms with Gasteiger partial charge in [0.15, 0.2) is 0 Å². The van der Waals surface area contributed by atoms with Gasteiger partial charge in [0, 0.05) is 6.54 Å². The van der Waals surface area contributed by atoms with Gasteiger partial charge in [-0.1, -0.05) is 6.08 Å². The molecule has 0 saturated carbocycles. The lowest BCUT2D eigenvalue weighted by Crippen LogP contribution is -2.21. The number of carbonyl (C=O) groups is 1. The van der Waals surface area contributed by atoms with Crippen LogP contribution in [0.1, 0.15) is 20.8 Å². The summed E-state index contributed by atoms with van der Waals surface area (Å²) in [6, 6.07) is 0. The van der Waals surface area contributed by atoms with Crippen LogP contribution in [0.25, 0.3) is 0 Å². The van der Waals surface area contributed by atoms with Gasteiger partial charge in [0.1, 0.15) is 5.70 Å². The highest BCUT2D eigenvalue weighted by Gasteiger charge is 2.06. The second kappa shape index (κ2) is 5.77. The third kappa shape index (κ3) is 3.65. The number of likely N-dealkylation sites (N-methyl/N-ethyl adjacent to an activating group) is 1. The molecule has 0 unspecified atom stereocenters. The van der Waals surface area contributed by atoms with Crippen molar-refractivity contribution >= 4 is 5.97 Å². The third-order valence-corrected chi connectivity index (χ3v) is 1.15. The predicted molar refractivity (Wildman–Crippen MR) is 44.1 cm³/mol. The van der Waals surface area contributed by atoms with Crippen molar-refractivity contribution in [2.24, 2.45) is 0 Å². The van der Waals surface area contributed by atoms with E-state index < -0.39 is 0 Å². The van der Waals surface area contributed by atoms with Crippen molar-refractivity contribution in [1.82, 2.24) is 5.32 Å². The van der Waals surface area contributed by atoms with Crippen molar-refractivity contribution in [3.63, 3.8) is 0 Å². The Labute approximate surface area is 67.4 Å². The summed E-state index contributed by atoms with van der Waals surface area (Å²) in [7, 11) is 0. The number of allylic oxidation sites excluding steroid dienone is 1. The number of hydrogen-bond acceptors (Lipinski definition) is 3. The summed E-state index contributed by atoms with van der Waals surface area (Å²) in [5.41, 5.74) is 0.536. The summed E-state index contributed by atoms with van der Waals surface area (Å²) in [5.74, 6) is -0.281. The van der Waals surface area contributed by atoms with Crippen molar-refractivity contribution < 1.29 is 9.53 Å². The average Bonchev–Trinajstić information content (AvgIpc) is 2.00. The molecule has 0 aliphatic rings. The molecular formula is C8H15NO2. The van der Waals surface area contributed by atoms with Crippen molar-refractivity contribution in [2.75, 3.05) is 13.2 Å². The molecule has 1 N–H and O–H groups in total.